The summed E-state index contributed by atoms with van der Waals surface area (Å²) in [6.45, 7) is 23.3. The van der Waals surface area contributed by atoms with Crippen LogP contribution in [0.2, 0.25) is 0 Å². The van der Waals surface area contributed by atoms with Crippen LogP contribution in [0.15, 0.2) is 36.4 Å². The molecule has 9 heteroatoms. The summed E-state index contributed by atoms with van der Waals surface area (Å²) in [7, 11) is 0. The van der Waals surface area contributed by atoms with E-state index in [9.17, 15) is 14.7 Å². The van der Waals surface area contributed by atoms with Crippen LogP contribution in [0.1, 0.15) is 112 Å². The minimum Gasteiger partial charge on any atom is -0.456 e. The number of carbonyl (C=O) groups is 2. The first-order valence-corrected chi connectivity index (χ1v) is 16.2. The maximum Gasteiger partial charge on any atom is 0.339 e. The first-order chi connectivity index (χ1) is 20.5. The third kappa shape index (κ3) is 17.3. The first kappa shape index (κ1) is 42.7. The predicted octanol–water partition coefficient (Wildman–Crippen LogP) is 7.33. The molecule has 0 saturated carbocycles. The van der Waals surface area contributed by atoms with Crippen molar-refractivity contribution >= 4 is 27.9 Å². The number of carbonyl (C=O) groups excluding carboxylic acids is 2. The van der Waals surface area contributed by atoms with Gasteiger partial charge in [0.25, 0.3) is 0 Å². The van der Waals surface area contributed by atoms with Crippen LogP contribution < -0.4 is 0 Å². The molecule has 0 aliphatic rings. The van der Waals surface area contributed by atoms with E-state index in [1.54, 1.807) is 13.8 Å². The van der Waals surface area contributed by atoms with Crippen molar-refractivity contribution in [1.29, 1.82) is 0 Å². The number of ether oxygens (including phenoxy) is 3. The van der Waals surface area contributed by atoms with Gasteiger partial charge in [-0.05, 0) is 77.6 Å². The third-order valence-electron chi connectivity index (χ3n) is 6.10. The number of aliphatic hydroxyl groups excluding tert-OH is 3. The van der Waals surface area contributed by atoms with E-state index >= 15 is 0 Å². The molecule has 2 rings (SSSR count). The molecule has 0 aliphatic carbocycles. The standard InChI is InChI=1S/C18H28O4.C13H17BrO2.C5H12O2/c1-13-8-7-9-14(10-21-12-18(5,6)11-19)15(13)16(20)22-17(2,3)4;1-9-6-5-7-10(8-14)11(9)12(15)16-13(2,3)4;1-5(2,3-6)4-7/h7-9,19H,10-12H2,1-6H3;5-7H,8H2,1-4H3;6-7H,3-4H2,1-2H3. The van der Waals surface area contributed by atoms with E-state index in [1.807, 2.05) is 106 Å². The van der Waals surface area contributed by atoms with Crippen LogP contribution in [0.25, 0.3) is 0 Å². The molecule has 3 N–H and O–H groups in total. The smallest absolute Gasteiger partial charge is 0.339 e. The van der Waals surface area contributed by atoms with E-state index < -0.39 is 11.2 Å². The molecule has 0 bridgehead atoms. The van der Waals surface area contributed by atoms with Crippen molar-refractivity contribution in [2.24, 2.45) is 10.8 Å². The van der Waals surface area contributed by atoms with Gasteiger partial charge in [0, 0.05) is 16.2 Å². The number of hydrogen-bond donors (Lipinski definition) is 3. The summed E-state index contributed by atoms with van der Waals surface area (Å²) >= 11 is 3.38. The van der Waals surface area contributed by atoms with Gasteiger partial charge in [0.15, 0.2) is 0 Å². The Morgan fingerprint density at radius 3 is 1.36 bits per heavy atom. The average molecular weight is 698 g/mol. The van der Waals surface area contributed by atoms with Gasteiger partial charge in [-0.25, -0.2) is 9.59 Å². The van der Waals surface area contributed by atoms with Crippen molar-refractivity contribution in [3.63, 3.8) is 0 Å². The lowest BCUT2D eigenvalue weighted by Crippen LogP contribution is -2.26. The van der Waals surface area contributed by atoms with E-state index in [0.29, 0.717) is 29.7 Å². The molecule has 2 aromatic rings. The minimum atomic E-state index is -0.531. The highest BCUT2D eigenvalue weighted by Gasteiger charge is 2.23. The highest BCUT2D eigenvalue weighted by molar-refractivity contribution is 9.08. The Kier molecular flexibility index (Phi) is 17.8. The van der Waals surface area contributed by atoms with Crippen LogP contribution in [0.4, 0.5) is 0 Å². The van der Waals surface area contributed by atoms with Gasteiger partial charge in [0.05, 0.1) is 44.2 Å². The number of alkyl halides is 1. The molecule has 0 fully saturated rings. The fourth-order valence-electron chi connectivity index (χ4n) is 3.46. The zero-order valence-corrected chi connectivity index (χ0v) is 31.1. The SMILES string of the molecule is CC(C)(CO)CO.Cc1cccc(CBr)c1C(=O)OC(C)(C)C.Cc1cccc(COCC(C)(C)CO)c1C(=O)OC(C)(C)C. The zero-order chi connectivity index (χ0) is 35.2. The maximum absolute atomic E-state index is 12.4. The average Bonchev–Trinajstić information content (AvgIpc) is 2.91. The van der Waals surface area contributed by atoms with Gasteiger partial charge < -0.3 is 29.5 Å². The summed E-state index contributed by atoms with van der Waals surface area (Å²) in [5.41, 5.74) is 3.25. The molecule has 0 amide bonds. The topological polar surface area (TPSA) is 123 Å². The quantitative estimate of drug-likeness (QED) is 0.174. The number of rotatable bonds is 10. The van der Waals surface area contributed by atoms with Crippen LogP contribution in [0.5, 0.6) is 0 Å². The summed E-state index contributed by atoms with van der Waals surface area (Å²) in [6.07, 6.45) is 0. The first-order valence-electron chi connectivity index (χ1n) is 15.1. The van der Waals surface area contributed by atoms with Gasteiger partial charge >= 0.3 is 11.9 Å². The molecular weight excluding hydrogens is 640 g/mol. The zero-order valence-electron chi connectivity index (χ0n) is 29.5. The largest absolute Gasteiger partial charge is 0.456 e. The van der Waals surface area contributed by atoms with E-state index in [4.69, 9.17) is 24.4 Å². The van der Waals surface area contributed by atoms with Crippen molar-refractivity contribution < 1.29 is 39.1 Å². The number of aliphatic hydroxyl groups is 3. The second kappa shape index (κ2) is 18.7. The van der Waals surface area contributed by atoms with Crippen LogP contribution in [0, 0.1) is 24.7 Å². The van der Waals surface area contributed by atoms with Gasteiger partial charge in [0.1, 0.15) is 11.2 Å². The van der Waals surface area contributed by atoms with Crippen molar-refractivity contribution in [2.45, 2.75) is 106 Å². The maximum atomic E-state index is 12.4. The number of benzene rings is 2. The molecule has 45 heavy (non-hydrogen) atoms. The lowest BCUT2D eigenvalue weighted by molar-refractivity contribution is 0.00433. The summed E-state index contributed by atoms with van der Waals surface area (Å²) in [6, 6.07) is 11.5. The predicted molar refractivity (Wildman–Crippen MR) is 184 cm³/mol. The summed E-state index contributed by atoms with van der Waals surface area (Å²) < 4.78 is 16.6. The number of hydrogen-bond acceptors (Lipinski definition) is 8. The van der Waals surface area contributed by atoms with Gasteiger partial charge in [-0.15, -0.1) is 0 Å². The molecule has 0 aromatic heterocycles. The second-order valence-corrected chi connectivity index (χ2v) is 15.2. The summed E-state index contributed by atoms with van der Waals surface area (Å²) in [5, 5.41) is 26.8. The Balaban J connectivity index is 0.000000733. The molecule has 0 heterocycles. The second-order valence-electron chi connectivity index (χ2n) is 14.7. The Hall–Kier alpha value is -2.30. The van der Waals surface area contributed by atoms with E-state index in [1.165, 1.54) is 0 Å². The van der Waals surface area contributed by atoms with Crippen molar-refractivity contribution in [3.05, 3.63) is 69.8 Å². The van der Waals surface area contributed by atoms with Crippen molar-refractivity contribution in [2.75, 3.05) is 26.4 Å². The van der Waals surface area contributed by atoms with Crippen molar-refractivity contribution in [1.82, 2.24) is 0 Å². The number of esters is 2. The molecule has 256 valence electrons. The molecule has 2 aromatic carbocycles. The van der Waals surface area contributed by atoms with E-state index in [2.05, 4.69) is 15.9 Å². The highest BCUT2D eigenvalue weighted by Crippen LogP contribution is 2.23. The molecule has 0 radical (unpaired) electrons. The van der Waals surface area contributed by atoms with Crippen LogP contribution in [-0.2, 0) is 26.1 Å². The Labute approximate surface area is 279 Å². The summed E-state index contributed by atoms with van der Waals surface area (Å²) in [4.78, 5) is 24.4. The molecule has 0 spiro atoms. The van der Waals surface area contributed by atoms with Gasteiger partial charge in [-0.1, -0.05) is 80.0 Å². The van der Waals surface area contributed by atoms with Crippen LogP contribution in [0.3, 0.4) is 0 Å². The minimum absolute atomic E-state index is 0.0451. The lowest BCUT2D eigenvalue weighted by atomic mass is 9.96. The molecule has 0 unspecified atom stereocenters. The molecular formula is C36H57BrO8. The van der Waals surface area contributed by atoms with Crippen LogP contribution in [-0.4, -0.2) is 64.9 Å². The highest BCUT2D eigenvalue weighted by atomic mass is 79.9. The van der Waals surface area contributed by atoms with Gasteiger partial charge in [0.2, 0.25) is 0 Å². The lowest BCUT2D eigenvalue weighted by Gasteiger charge is -2.23. The fraction of sp³-hybridized carbons (Fsp3) is 0.611. The Morgan fingerprint density at radius 1 is 0.644 bits per heavy atom. The monoisotopic (exact) mass is 696 g/mol. The Bertz CT molecular complexity index is 1200. The molecule has 0 atom stereocenters. The molecule has 0 saturated heterocycles. The van der Waals surface area contributed by atoms with Crippen molar-refractivity contribution in [3.8, 4) is 0 Å². The normalized spacial score (nSPS) is 11.9. The molecule has 0 aliphatic heterocycles. The number of aryl methyl sites for hydroxylation is 2. The summed E-state index contributed by atoms with van der Waals surface area (Å²) in [5.74, 6) is -0.578. The fourth-order valence-corrected chi connectivity index (χ4v) is 3.93. The number of halogens is 1. The van der Waals surface area contributed by atoms with Gasteiger partial charge in [-0.3, -0.25) is 0 Å². The van der Waals surface area contributed by atoms with Crippen LogP contribution >= 0.6 is 15.9 Å². The molecule has 8 nitrogen and oxygen atoms in total. The van der Waals surface area contributed by atoms with E-state index in [0.717, 1.165) is 22.3 Å². The van der Waals surface area contributed by atoms with Gasteiger partial charge in [-0.2, -0.15) is 0 Å². The Morgan fingerprint density at radius 2 is 1.02 bits per heavy atom. The third-order valence-corrected chi connectivity index (χ3v) is 6.71. The van der Waals surface area contributed by atoms with E-state index in [-0.39, 0.29) is 42.6 Å².